The molecule has 4 nitrogen and oxygen atoms in total. The first-order valence-electron chi connectivity index (χ1n) is 4.11. The van der Waals surface area contributed by atoms with Crippen LogP contribution in [0.4, 0.5) is 0 Å². The number of nitrogens with two attached hydrogens (primary N) is 1. The molecule has 76 valence electrons. The second-order valence-electron chi connectivity index (χ2n) is 2.61. The maximum absolute atomic E-state index is 11.0. The van der Waals surface area contributed by atoms with E-state index in [1.165, 1.54) is 18.9 Å². The number of carbonyl (C=O) groups excluding carboxylic acids is 1. The molecule has 1 aromatic heterocycles. The number of thioether (sulfide) groups is 1. The summed E-state index contributed by atoms with van der Waals surface area (Å²) in [5.74, 6) is 0.0809. The number of aromatic nitrogens is 1. The minimum Gasteiger partial charge on any atom is -0.468 e. The molecule has 0 aromatic carbocycles. The highest BCUT2D eigenvalue weighted by Gasteiger charge is 2.13. The Balaban J connectivity index is 2.38. The second kappa shape index (κ2) is 5.62. The van der Waals surface area contributed by atoms with Gasteiger partial charge in [-0.15, -0.1) is 11.8 Å². The van der Waals surface area contributed by atoms with Crippen molar-refractivity contribution >= 4 is 17.7 Å². The smallest absolute Gasteiger partial charge is 0.323 e. The zero-order chi connectivity index (χ0) is 10.4. The highest BCUT2D eigenvalue weighted by molar-refractivity contribution is 7.99. The molecule has 1 atom stereocenters. The van der Waals surface area contributed by atoms with Gasteiger partial charge in [0.15, 0.2) is 0 Å². The van der Waals surface area contributed by atoms with Crippen molar-refractivity contribution in [1.29, 1.82) is 0 Å². The molecular weight excluding hydrogens is 200 g/mol. The van der Waals surface area contributed by atoms with Gasteiger partial charge in [-0.3, -0.25) is 4.79 Å². The molecule has 1 heterocycles. The molecule has 0 unspecified atom stereocenters. The van der Waals surface area contributed by atoms with Gasteiger partial charge in [0.25, 0.3) is 0 Å². The fraction of sp³-hybridized carbons (Fsp3) is 0.333. The topological polar surface area (TPSA) is 65.2 Å². The lowest BCUT2D eigenvalue weighted by atomic mass is 10.4. The van der Waals surface area contributed by atoms with E-state index in [4.69, 9.17) is 5.73 Å². The lowest BCUT2D eigenvalue weighted by Crippen LogP contribution is -2.33. The van der Waals surface area contributed by atoms with Crippen molar-refractivity contribution < 1.29 is 9.53 Å². The molecule has 0 saturated heterocycles. The van der Waals surface area contributed by atoms with Gasteiger partial charge in [0.2, 0.25) is 0 Å². The summed E-state index contributed by atoms with van der Waals surface area (Å²) >= 11 is 1.44. The molecule has 0 amide bonds. The van der Waals surface area contributed by atoms with Crippen molar-refractivity contribution in [2.75, 3.05) is 12.9 Å². The summed E-state index contributed by atoms with van der Waals surface area (Å²) in [4.78, 5) is 15.0. The third-order valence-corrected chi connectivity index (χ3v) is 2.62. The fourth-order valence-electron chi connectivity index (χ4n) is 0.827. The van der Waals surface area contributed by atoms with Crippen LogP contribution in [0.5, 0.6) is 0 Å². The van der Waals surface area contributed by atoms with E-state index in [9.17, 15) is 4.79 Å². The molecule has 0 fully saturated rings. The van der Waals surface area contributed by atoms with Gasteiger partial charge in [0.05, 0.1) is 12.1 Å². The van der Waals surface area contributed by atoms with Crippen LogP contribution in [-0.2, 0) is 9.53 Å². The van der Waals surface area contributed by atoms with Gasteiger partial charge in [-0.05, 0) is 12.1 Å². The van der Waals surface area contributed by atoms with Crippen LogP contribution < -0.4 is 5.73 Å². The van der Waals surface area contributed by atoms with Gasteiger partial charge in [-0.25, -0.2) is 4.98 Å². The predicted octanol–water partition coefficient (Wildman–Crippen LogP) is 0.674. The normalized spacial score (nSPS) is 12.1. The van der Waals surface area contributed by atoms with Crippen LogP contribution >= 0.6 is 11.8 Å². The molecule has 0 aliphatic carbocycles. The maximum atomic E-state index is 11.0. The number of methoxy groups -OCH3 is 1. The van der Waals surface area contributed by atoms with Gasteiger partial charge in [-0.1, -0.05) is 6.07 Å². The zero-order valence-electron chi connectivity index (χ0n) is 7.84. The standard InChI is InChI=1S/C9H12N2O2S/c1-13-9(12)7(10)6-14-8-4-2-3-5-11-8/h2-5,7H,6,10H2,1H3/t7-/m0/s1. The average Bonchev–Trinajstić information content (AvgIpc) is 2.26. The lowest BCUT2D eigenvalue weighted by molar-refractivity contribution is -0.141. The third-order valence-electron chi connectivity index (χ3n) is 1.55. The number of hydrogen-bond acceptors (Lipinski definition) is 5. The van der Waals surface area contributed by atoms with Crippen molar-refractivity contribution in [3.63, 3.8) is 0 Å². The Morgan fingerprint density at radius 2 is 2.50 bits per heavy atom. The monoisotopic (exact) mass is 212 g/mol. The van der Waals surface area contributed by atoms with Crippen LogP contribution in [0.2, 0.25) is 0 Å². The highest BCUT2D eigenvalue weighted by Crippen LogP contribution is 2.14. The molecule has 14 heavy (non-hydrogen) atoms. The summed E-state index contributed by atoms with van der Waals surface area (Å²) in [6.45, 7) is 0. The number of nitrogens with zero attached hydrogens (tertiary/aromatic N) is 1. The van der Waals surface area contributed by atoms with Gasteiger partial charge in [0, 0.05) is 11.9 Å². The van der Waals surface area contributed by atoms with E-state index < -0.39 is 12.0 Å². The predicted molar refractivity (Wildman–Crippen MR) is 55.0 cm³/mol. The summed E-state index contributed by atoms with van der Waals surface area (Å²) in [5, 5.41) is 0.854. The molecule has 0 aliphatic heterocycles. The molecule has 0 radical (unpaired) electrons. The number of pyridine rings is 1. The first-order valence-corrected chi connectivity index (χ1v) is 5.10. The van der Waals surface area contributed by atoms with Crippen molar-refractivity contribution in [2.45, 2.75) is 11.1 Å². The summed E-state index contributed by atoms with van der Waals surface area (Å²) in [5.41, 5.74) is 5.55. The van der Waals surface area contributed by atoms with E-state index in [1.807, 2.05) is 18.2 Å². The summed E-state index contributed by atoms with van der Waals surface area (Å²) < 4.78 is 4.50. The minimum atomic E-state index is -0.591. The number of rotatable bonds is 4. The van der Waals surface area contributed by atoms with Crippen molar-refractivity contribution in [1.82, 2.24) is 4.98 Å². The van der Waals surface area contributed by atoms with Gasteiger partial charge >= 0.3 is 5.97 Å². The Morgan fingerprint density at radius 3 is 3.07 bits per heavy atom. The Morgan fingerprint density at radius 1 is 1.71 bits per heavy atom. The minimum absolute atomic E-state index is 0.395. The van der Waals surface area contributed by atoms with Crippen molar-refractivity contribution in [3.05, 3.63) is 24.4 Å². The van der Waals surface area contributed by atoms with E-state index in [0.29, 0.717) is 5.75 Å². The Labute approximate surface area is 86.8 Å². The number of hydrogen-bond donors (Lipinski definition) is 1. The van der Waals surface area contributed by atoms with E-state index in [0.717, 1.165) is 5.03 Å². The van der Waals surface area contributed by atoms with E-state index in [-0.39, 0.29) is 0 Å². The maximum Gasteiger partial charge on any atom is 0.323 e. The van der Waals surface area contributed by atoms with Crippen LogP contribution in [0.1, 0.15) is 0 Å². The van der Waals surface area contributed by atoms with Gasteiger partial charge < -0.3 is 10.5 Å². The Hall–Kier alpha value is -1.07. The highest BCUT2D eigenvalue weighted by atomic mass is 32.2. The fourth-order valence-corrected chi connectivity index (χ4v) is 1.62. The van der Waals surface area contributed by atoms with Gasteiger partial charge in [-0.2, -0.15) is 0 Å². The molecule has 0 spiro atoms. The van der Waals surface area contributed by atoms with Crippen LogP contribution in [0, 0.1) is 0 Å². The number of carbonyl (C=O) groups is 1. The van der Waals surface area contributed by atoms with E-state index in [2.05, 4.69) is 9.72 Å². The summed E-state index contributed by atoms with van der Waals surface area (Å²) in [6.07, 6.45) is 1.70. The first-order chi connectivity index (χ1) is 6.74. The summed E-state index contributed by atoms with van der Waals surface area (Å²) in [7, 11) is 1.33. The van der Waals surface area contributed by atoms with Crippen molar-refractivity contribution in [3.8, 4) is 0 Å². The first kappa shape index (κ1) is 11.0. The lowest BCUT2D eigenvalue weighted by Gasteiger charge is -2.07. The number of esters is 1. The average molecular weight is 212 g/mol. The molecule has 1 aromatic rings. The quantitative estimate of drug-likeness (QED) is 0.587. The zero-order valence-corrected chi connectivity index (χ0v) is 8.66. The molecule has 0 saturated carbocycles. The van der Waals surface area contributed by atoms with Crippen molar-refractivity contribution in [2.24, 2.45) is 5.73 Å². The largest absolute Gasteiger partial charge is 0.468 e. The Bertz CT molecular complexity index is 292. The molecule has 0 bridgehead atoms. The molecule has 2 N–H and O–H groups in total. The van der Waals surface area contributed by atoms with Crippen LogP contribution in [-0.4, -0.2) is 29.9 Å². The molecular formula is C9H12N2O2S. The third kappa shape index (κ3) is 3.35. The van der Waals surface area contributed by atoms with E-state index in [1.54, 1.807) is 6.20 Å². The molecule has 5 heteroatoms. The molecule has 0 aliphatic rings. The Kier molecular flexibility index (Phi) is 4.42. The van der Waals surface area contributed by atoms with E-state index >= 15 is 0 Å². The summed E-state index contributed by atoms with van der Waals surface area (Å²) in [6, 6.07) is 5.00. The van der Waals surface area contributed by atoms with Gasteiger partial charge in [0.1, 0.15) is 6.04 Å². The van der Waals surface area contributed by atoms with Crippen LogP contribution in [0.15, 0.2) is 29.4 Å². The van der Waals surface area contributed by atoms with Crippen LogP contribution in [0.25, 0.3) is 0 Å². The SMILES string of the molecule is COC(=O)[C@@H](N)CSc1ccccn1. The molecule has 1 rings (SSSR count). The second-order valence-corrected chi connectivity index (χ2v) is 3.65. The van der Waals surface area contributed by atoms with Crippen LogP contribution in [0.3, 0.4) is 0 Å². The number of ether oxygens (including phenoxy) is 1.